The zero-order chi connectivity index (χ0) is 21.9. The second kappa shape index (κ2) is 9.51. The van der Waals surface area contributed by atoms with Gasteiger partial charge in [0.1, 0.15) is 24.2 Å². The quantitative estimate of drug-likeness (QED) is 0.295. The van der Waals surface area contributed by atoms with E-state index < -0.39 is 54.1 Å². The molecule has 164 valence electrons. The van der Waals surface area contributed by atoms with Crippen LogP contribution in [-0.2, 0) is 19.2 Å². The van der Waals surface area contributed by atoms with Gasteiger partial charge >= 0.3 is 0 Å². The van der Waals surface area contributed by atoms with E-state index in [1.165, 1.54) is 23.6 Å². The Balaban J connectivity index is 2.11. The van der Waals surface area contributed by atoms with Crippen molar-refractivity contribution in [3.05, 3.63) is 0 Å². The fourth-order valence-corrected chi connectivity index (χ4v) is 3.86. The molecule has 29 heavy (non-hydrogen) atoms. The number of likely N-dealkylation sites (tertiary alicyclic amines) is 2. The van der Waals surface area contributed by atoms with Gasteiger partial charge in [0.15, 0.2) is 0 Å². The molecule has 0 bridgehead atoms. The Morgan fingerprint density at radius 2 is 1.52 bits per heavy atom. The normalized spacial score (nSPS) is 26.0. The van der Waals surface area contributed by atoms with E-state index in [1.54, 1.807) is 0 Å². The van der Waals surface area contributed by atoms with E-state index in [-0.39, 0.29) is 5.91 Å². The first kappa shape index (κ1) is 23.0. The van der Waals surface area contributed by atoms with Gasteiger partial charge in [0.2, 0.25) is 23.6 Å². The van der Waals surface area contributed by atoms with Crippen molar-refractivity contribution >= 4 is 23.6 Å². The van der Waals surface area contributed by atoms with Gasteiger partial charge in [-0.25, -0.2) is 0 Å². The molecule has 2 rings (SSSR count). The molecule has 2 aliphatic heterocycles. The molecule has 2 aliphatic rings. The third kappa shape index (κ3) is 5.03. The molecular formula is C18H31N5O6. The van der Waals surface area contributed by atoms with Crippen LogP contribution in [0.25, 0.3) is 0 Å². The molecule has 0 spiro atoms. The average molecular weight is 413 g/mol. The van der Waals surface area contributed by atoms with Crippen LogP contribution in [0.2, 0.25) is 0 Å². The summed E-state index contributed by atoms with van der Waals surface area (Å²) in [5.41, 5.74) is 11.0. The Labute approximate surface area is 169 Å². The summed E-state index contributed by atoms with van der Waals surface area (Å²) in [4.78, 5) is 52.5. The second-order valence-corrected chi connectivity index (χ2v) is 7.77. The number of hydrogen-bond acceptors (Lipinski definition) is 7. The molecule has 1 unspecified atom stereocenters. The van der Waals surface area contributed by atoms with Crippen LogP contribution in [0, 0.1) is 0 Å². The van der Waals surface area contributed by atoms with Gasteiger partial charge in [-0.05, 0) is 39.5 Å². The Morgan fingerprint density at radius 1 is 0.966 bits per heavy atom. The third-order valence-corrected chi connectivity index (χ3v) is 5.55. The maximum absolute atomic E-state index is 13.1. The number of carbonyl (C=O) groups excluding carboxylic acids is 4. The van der Waals surface area contributed by atoms with Crippen LogP contribution in [-0.4, -0.2) is 93.1 Å². The minimum atomic E-state index is -1.26. The summed E-state index contributed by atoms with van der Waals surface area (Å²) >= 11 is 0. The van der Waals surface area contributed by atoms with Crippen LogP contribution in [0.3, 0.4) is 0 Å². The van der Waals surface area contributed by atoms with Crippen LogP contribution in [0.4, 0.5) is 0 Å². The first-order chi connectivity index (χ1) is 13.6. The second-order valence-electron chi connectivity index (χ2n) is 7.77. The van der Waals surface area contributed by atoms with Gasteiger partial charge in [-0.3, -0.25) is 19.2 Å². The molecule has 0 aromatic rings. The van der Waals surface area contributed by atoms with Gasteiger partial charge in [0.05, 0.1) is 12.2 Å². The monoisotopic (exact) mass is 413 g/mol. The van der Waals surface area contributed by atoms with Crippen LogP contribution in [0.15, 0.2) is 0 Å². The first-order valence-electron chi connectivity index (χ1n) is 9.88. The van der Waals surface area contributed by atoms with Crippen molar-refractivity contribution in [2.24, 2.45) is 11.5 Å². The number of rotatable bonds is 7. The van der Waals surface area contributed by atoms with Gasteiger partial charge < -0.3 is 36.8 Å². The van der Waals surface area contributed by atoms with Gasteiger partial charge in [0.25, 0.3) is 0 Å². The molecule has 2 heterocycles. The molecule has 0 saturated carbocycles. The van der Waals surface area contributed by atoms with Crippen molar-refractivity contribution in [1.29, 1.82) is 0 Å². The van der Waals surface area contributed by atoms with E-state index in [1.807, 2.05) is 0 Å². The zero-order valence-electron chi connectivity index (χ0n) is 16.8. The fourth-order valence-electron chi connectivity index (χ4n) is 3.86. The minimum Gasteiger partial charge on any atom is -0.391 e. The number of primary amides is 1. The number of nitrogens with one attached hydrogen (secondary N) is 1. The highest BCUT2D eigenvalue weighted by Gasteiger charge is 2.43. The SMILES string of the molecule is C[C@H](O)C(NC(=O)[C@H]1CCCN1C(=O)[C@H]1CCCN1C(=O)[C@@H](N)[C@@H](C)O)C(N)=O. The number of amides is 4. The van der Waals surface area contributed by atoms with Crippen LogP contribution >= 0.6 is 0 Å². The van der Waals surface area contributed by atoms with Crippen molar-refractivity contribution in [3.63, 3.8) is 0 Å². The Hall–Kier alpha value is -2.24. The van der Waals surface area contributed by atoms with Crippen LogP contribution in [0.1, 0.15) is 39.5 Å². The van der Waals surface area contributed by atoms with Crippen molar-refractivity contribution in [2.75, 3.05) is 13.1 Å². The molecular weight excluding hydrogens is 382 g/mol. The molecule has 7 N–H and O–H groups in total. The number of hydrogen-bond donors (Lipinski definition) is 5. The predicted octanol–water partition coefficient (Wildman–Crippen LogP) is -2.97. The summed E-state index contributed by atoms with van der Waals surface area (Å²) in [6, 6.07) is -3.94. The maximum Gasteiger partial charge on any atom is 0.246 e. The summed E-state index contributed by atoms with van der Waals surface area (Å²) in [7, 11) is 0. The molecule has 2 fully saturated rings. The van der Waals surface area contributed by atoms with Gasteiger partial charge in [-0.2, -0.15) is 0 Å². The third-order valence-electron chi connectivity index (χ3n) is 5.55. The molecule has 11 nitrogen and oxygen atoms in total. The fraction of sp³-hybridized carbons (Fsp3) is 0.778. The number of carbonyl (C=O) groups is 4. The summed E-state index contributed by atoms with van der Waals surface area (Å²) in [5.74, 6) is -2.31. The molecule has 0 aromatic heterocycles. The summed E-state index contributed by atoms with van der Waals surface area (Å²) in [5, 5.41) is 21.6. The van der Waals surface area contributed by atoms with Gasteiger partial charge in [-0.15, -0.1) is 0 Å². The van der Waals surface area contributed by atoms with Crippen LogP contribution < -0.4 is 16.8 Å². The summed E-state index contributed by atoms with van der Waals surface area (Å²) < 4.78 is 0. The van der Waals surface area contributed by atoms with Crippen LogP contribution in [0.5, 0.6) is 0 Å². The average Bonchev–Trinajstić information content (AvgIpc) is 3.32. The van der Waals surface area contributed by atoms with Gasteiger partial charge in [0, 0.05) is 13.1 Å². The number of nitrogens with two attached hydrogens (primary N) is 2. The lowest BCUT2D eigenvalue weighted by molar-refractivity contribution is -0.148. The molecule has 0 radical (unpaired) electrons. The molecule has 11 heteroatoms. The topological polar surface area (TPSA) is 179 Å². The zero-order valence-corrected chi connectivity index (χ0v) is 16.8. The minimum absolute atomic E-state index is 0.341. The highest BCUT2D eigenvalue weighted by molar-refractivity contribution is 5.95. The highest BCUT2D eigenvalue weighted by atomic mass is 16.3. The molecule has 4 amide bonds. The predicted molar refractivity (Wildman–Crippen MR) is 102 cm³/mol. The number of aliphatic hydroxyl groups is 2. The summed E-state index contributed by atoms with van der Waals surface area (Å²) in [6.45, 7) is 3.44. The Kier molecular flexibility index (Phi) is 7.55. The van der Waals surface area contributed by atoms with Crippen molar-refractivity contribution in [3.8, 4) is 0 Å². The van der Waals surface area contributed by atoms with Gasteiger partial charge in [-0.1, -0.05) is 0 Å². The Morgan fingerprint density at radius 3 is 2.03 bits per heavy atom. The lowest BCUT2D eigenvalue weighted by atomic mass is 10.1. The first-order valence-corrected chi connectivity index (χ1v) is 9.88. The maximum atomic E-state index is 13.1. The van der Waals surface area contributed by atoms with Crippen molar-refractivity contribution in [1.82, 2.24) is 15.1 Å². The van der Waals surface area contributed by atoms with E-state index >= 15 is 0 Å². The van der Waals surface area contributed by atoms with E-state index in [0.29, 0.717) is 38.8 Å². The number of aliphatic hydroxyl groups excluding tert-OH is 2. The Bertz CT molecular complexity index is 655. The molecule has 2 saturated heterocycles. The lowest BCUT2D eigenvalue weighted by Gasteiger charge is -2.33. The standard InChI is InChI=1S/C18H31N5O6/c1-9(24)13(19)18(29)23-8-4-6-12(23)17(28)22-7-3-5-11(22)16(27)21-14(10(2)25)15(20)26/h9-14,24-25H,3-8,19H2,1-2H3,(H2,20,26)(H,21,27)/t9-,10+,11-,12-,13+,14?/m1/s1. The van der Waals surface area contributed by atoms with Crippen molar-refractivity contribution < 1.29 is 29.4 Å². The smallest absolute Gasteiger partial charge is 0.246 e. The number of nitrogens with zero attached hydrogens (tertiary/aromatic N) is 2. The van der Waals surface area contributed by atoms with E-state index in [9.17, 15) is 29.4 Å². The summed E-state index contributed by atoms with van der Waals surface area (Å²) in [6.07, 6.45) is -0.170. The molecule has 6 atom stereocenters. The largest absolute Gasteiger partial charge is 0.391 e. The van der Waals surface area contributed by atoms with Crippen molar-refractivity contribution in [2.45, 2.75) is 75.9 Å². The van der Waals surface area contributed by atoms with E-state index in [4.69, 9.17) is 11.5 Å². The molecule has 0 aromatic carbocycles. The van der Waals surface area contributed by atoms with E-state index in [2.05, 4.69) is 5.32 Å². The van der Waals surface area contributed by atoms with E-state index in [0.717, 1.165) is 0 Å². The molecule has 0 aliphatic carbocycles. The highest BCUT2D eigenvalue weighted by Crippen LogP contribution is 2.25. The lowest BCUT2D eigenvalue weighted by Crippen LogP contribution is -2.58.